The van der Waals surface area contributed by atoms with Crippen LogP contribution in [0.1, 0.15) is 31.7 Å². The molecule has 0 radical (unpaired) electrons. The van der Waals surface area contributed by atoms with Crippen molar-refractivity contribution in [2.24, 2.45) is 11.7 Å². The van der Waals surface area contributed by atoms with Gasteiger partial charge in [-0.15, -0.1) is 0 Å². The molecule has 0 spiro atoms. The number of rotatable bonds is 4. The Balaban J connectivity index is 2.90. The molecule has 1 aromatic carbocycles. The molecule has 0 aromatic heterocycles. The Bertz CT molecular complexity index is 325. The minimum absolute atomic E-state index is 0.00995. The molecule has 0 bridgehead atoms. The van der Waals surface area contributed by atoms with Crippen LogP contribution in [0.15, 0.2) is 18.2 Å². The van der Waals surface area contributed by atoms with Crippen molar-refractivity contribution in [1.29, 1.82) is 0 Å². The van der Waals surface area contributed by atoms with E-state index in [1.807, 2.05) is 13.8 Å². The first-order valence-electron chi connectivity index (χ1n) is 5.22. The second-order valence-corrected chi connectivity index (χ2v) is 3.99. The van der Waals surface area contributed by atoms with Crippen LogP contribution in [0, 0.1) is 17.6 Å². The molecule has 0 aliphatic heterocycles. The molecule has 1 aromatic rings. The van der Waals surface area contributed by atoms with Gasteiger partial charge in [-0.2, -0.15) is 0 Å². The molecule has 15 heavy (non-hydrogen) atoms. The summed E-state index contributed by atoms with van der Waals surface area (Å²) in [6.07, 6.45) is 0.817. The number of halogens is 2. The molecule has 84 valence electrons. The summed E-state index contributed by atoms with van der Waals surface area (Å²) in [7, 11) is 0. The molecule has 3 heteroatoms. The Kier molecular flexibility index (Phi) is 4.21. The third-order valence-electron chi connectivity index (χ3n) is 2.95. The van der Waals surface area contributed by atoms with Crippen LogP contribution >= 0.6 is 0 Å². The molecule has 0 aliphatic carbocycles. The van der Waals surface area contributed by atoms with E-state index in [9.17, 15) is 8.78 Å². The molecule has 0 heterocycles. The molecule has 1 nitrogen and oxygen atoms in total. The molecule has 0 aliphatic rings. The van der Waals surface area contributed by atoms with Crippen LogP contribution in [0.25, 0.3) is 0 Å². The first-order valence-corrected chi connectivity index (χ1v) is 5.22. The monoisotopic (exact) mass is 213 g/mol. The molecular formula is C12H17F2N. The lowest BCUT2D eigenvalue weighted by Gasteiger charge is -2.20. The molecule has 0 saturated heterocycles. The summed E-state index contributed by atoms with van der Waals surface area (Å²) in [4.78, 5) is 0. The van der Waals surface area contributed by atoms with Crippen LogP contribution in [0.2, 0.25) is 0 Å². The van der Waals surface area contributed by atoms with Gasteiger partial charge in [0, 0.05) is 0 Å². The predicted molar refractivity (Wildman–Crippen MR) is 57.6 cm³/mol. The van der Waals surface area contributed by atoms with Gasteiger partial charge in [0.1, 0.15) is 0 Å². The van der Waals surface area contributed by atoms with Crippen LogP contribution in [0.5, 0.6) is 0 Å². The summed E-state index contributed by atoms with van der Waals surface area (Å²) in [5.74, 6) is -1.26. The maximum Gasteiger partial charge on any atom is 0.162 e. The lowest BCUT2D eigenvalue weighted by Crippen LogP contribution is -2.13. The van der Waals surface area contributed by atoms with E-state index in [2.05, 4.69) is 0 Å². The van der Waals surface area contributed by atoms with Gasteiger partial charge in [-0.1, -0.05) is 26.0 Å². The van der Waals surface area contributed by atoms with Crippen LogP contribution in [0.4, 0.5) is 8.78 Å². The minimum atomic E-state index is -0.778. The zero-order valence-electron chi connectivity index (χ0n) is 9.13. The van der Waals surface area contributed by atoms with Crippen molar-refractivity contribution in [1.82, 2.24) is 0 Å². The molecule has 2 unspecified atom stereocenters. The summed E-state index contributed by atoms with van der Waals surface area (Å²) in [6, 6.07) is 4.31. The number of hydrogen-bond donors (Lipinski definition) is 1. The van der Waals surface area contributed by atoms with Crippen molar-refractivity contribution in [3.05, 3.63) is 35.4 Å². The molecule has 0 fully saturated rings. The van der Waals surface area contributed by atoms with Gasteiger partial charge in [0.15, 0.2) is 11.6 Å². The van der Waals surface area contributed by atoms with E-state index < -0.39 is 11.6 Å². The summed E-state index contributed by atoms with van der Waals surface area (Å²) in [5, 5.41) is 0. The van der Waals surface area contributed by atoms with E-state index >= 15 is 0 Å². The van der Waals surface area contributed by atoms with E-state index in [0.29, 0.717) is 12.1 Å². The Morgan fingerprint density at radius 2 is 1.93 bits per heavy atom. The predicted octanol–water partition coefficient (Wildman–Crippen LogP) is 3.05. The fourth-order valence-electron chi connectivity index (χ4n) is 1.69. The van der Waals surface area contributed by atoms with Crippen molar-refractivity contribution in [3.63, 3.8) is 0 Å². The third kappa shape index (κ3) is 2.75. The largest absolute Gasteiger partial charge is 0.330 e. The van der Waals surface area contributed by atoms with Crippen LogP contribution in [-0.4, -0.2) is 6.54 Å². The maximum absolute atomic E-state index is 13.4. The standard InChI is InChI=1S/C12H17F2N/c1-8(6-7-15)9(2)10-4-3-5-11(13)12(10)14/h3-5,8-9H,6-7,15H2,1-2H3. The Morgan fingerprint density at radius 1 is 1.27 bits per heavy atom. The van der Waals surface area contributed by atoms with Gasteiger partial charge in [0.2, 0.25) is 0 Å². The summed E-state index contributed by atoms with van der Waals surface area (Å²) in [6.45, 7) is 4.47. The Labute approximate surface area is 89.3 Å². The molecular weight excluding hydrogens is 196 g/mol. The van der Waals surface area contributed by atoms with Gasteiger partial charge in [-0.25, -0.2) is 8.78 Å². The molecule has 0 amide bonds. The molecule has 2 N–H and O–H groups in total. The fraction of sp³-hybridized carbons (Fsp3) is 0.500. The van der Waals surface area contributed by atoms with E-state index in [4.69, 9.17) is 5.73 Å². The average Bonchev–Trinajstić information content (AvgIpc) is 2.21. The second kappa shape index (κ2) is 5.21. The lowest BCUT2D eigenvalue weighted by molar-refractivity contribution is 0.427. The molecule has 1 rings (SSSR count). The number of benzene rings is 1. The Hall–Kier alpha value is -0.960. The molecule has 2 atom stereocenters. The van der Waals surface area contributed by atoms with Gasteiger partial charge < -0.3 is 5.73 Å². The third-order valence-corrected chi connectivity index (χ3v) is 2.95. The topological polar surface area (TPSA) is 26.0 Å². The van der Waals surface area contributed by atoms with Crippen molar-refractivity contribution < 1.29 is 8.78 Å². The van der Waals surface area contributed by atoms with Crippen molar-refractivity contribution in [3.8, 4) is 0 Å². The first kappa shape index (κ1) is 12.1. The van der Waals surface area contributed by atoms with E-state index in [1.165, 1.54) is 0 Å². The fourth-order valence-corrected chi connectivity index (χ4v) is 1.69. The van der Waals surface area contributed by atoms with Crippen molar-refractivity contribution >= 4 is 0 Å². The SMILES string of the molecule is CC(CCN)C(C)c1cccc(F)c1F. The van der Waals surface area contributed by atoms with Crippen LogP contribution < -0.4 is 5.73 Å². The second-order valence-electron chi connectivity index (χ2n) is 3.99. The Morgan fingerprint density at radius 3 is 2.53 bits per heavy atom. The van der Waals surface area contributed by atoms with E-state index in [0.717, 1.165) is 12.5 Å². The summed E-state index contributed by atoms with van der Waals surface area (Å²) < 4.78 is 26.4. The lowest BCUT2D eigenvalue weighted by atomic mass is 9.86. The van der Waals surface area contributed by atoms with Crippen LogP contribution in [0.3, 0.4) is 0 Å². The highest BCUT2D eigenvalue weighted by Gasteiger charge is 2.18. The summed E-state index contributed by atoms with van der Waals surface area (Å²) in [5.41, 5.74) is 5.89. The molecule has 0 saturated carbocycles. The van der Waals surface area contributed by atoms with Gasteiger partial charge >= 0.3 is 0 Å². The van der Waals surface area contributed by atoms with Crippen molar-refractivity contribution in [2.45, 2.75) is 26.2 Å². The van der Waals surface area contributed by atoms with Crippen LogP contribution in [-0.2, 0) is 0 Å². The quantitative estimate of drug-likeness (QED) is 0.817. The van der Waals surface area contributed by atoms with Gasteiger partial charge in [-0.3, -0.25) is 0 Å². The smallest absolute Gasteiger partial charge is 0.162 e. The normalized spacial score (nSPS) is 15.0. The van der Waals surface area contributed by atoms with E-state index in [-0.39, 0.29) is 11.8 Å². The van der Waals surface area contributed by atoms with Gasteiger partial charge in [-0.05, 0) is 36.4 Å². The zero-order valence-corrected chi connectivity index (χ0v) is 9.13. The van der Waals surface area contributed by atoms with Gasteiger partial charge in [0.25, 0.3) is 0 Å². The highest BCUT2D eigenvalue weighted by molar-refractivity contribution is 5.23. The highest BCUT2D eigenvalue weighted by atomic mass is 19.2. The minimum Gasteiger partial charge on any atom is -0.330 e. The van der Waals surface area contributed by atoms with E-state index in [1.54, 1.807) is 12.1 Å². The zero-order chi connectivity index (χ0) is 11.4. The number of hydrogen-bond acceptors (Lipinski definition) is 1. The average molecular weight is 213 g/mol. The number of nitrogens with two attached hydrogens (primary N) is 1. The van der Waals surface area contributed by atoms with Crippen molar-refractivity contribution in [2.75, 3.05) is 6.54 Å². The summed E-state index contributed by atoms with van der Waals surface area (Å²) >= 11 is 0. The van der Waals surface area contributed by atoms with Gasteiger partial charge in [0.05, 0.1) is 0 Å². The maximum atomic E-state index is 13.4. The highest BCUT2D eigenvalue weighted by Crippen LogP contribution is 2.28. The first-order chi connectivity index (χ1) is 7.07.